The van der Waals surface area contributed by atoms with Crippen LogP contribution in [0.3, 0.4) is 0 Å². The van der Waals surface area contributed by atoms with Crippen molar-refractivity contribution in [1.82, 2.24) is 5.01 Å². The normalized spacial score (nSPS) is 12.4. The van der Waals surface area contributed by atoms with E-state index in [0.29, 0.717) is 6.54 Å². The minimum atomic E-state index is -3.32. The van der Waals surface area contributed by atoms with Gasteiger partial charge in [-0.05, 0) is 6.92 Å². The van der Waals surface area contributed by atoms with Gasteiger partial charge in [0, 0.05) is 21.3 Å². The second-order valence-electron chi connectivity index (χ2n) is 3.37. The van der Waals surface area contributed by atoms with Crippen LogP contribution in [0.5, 0.6) is 0 Å². The van der Waals surface area contributed by atoms with E-state index >= 15 is 0 Å². The lowest BCUT2D eigenvalue weighted by Crippen LogP contribution is -2.21. The van der Waals surface area contributed by atoms with Crippen LogP contribution >= 0.6 is 7.60 Å². The third-order valence-corrected chi connectivity index (χ3v) is 3.80. The summed E-state index contributed by atoms with van der Waals surface area (Å²) < 4.78 is 21.1. The molecule has 0 rings (SSSR count). The fourth-order valence-corrected chi connectivity index (χ4v) is 2.02. The average molecular weight is 262 g/mol. The van der Waals surface area contributed by atoms with Crippen molar-refractivity contribution in [3.8, 4) is 0 Å². The van der Waals surface area contributed by atoms with Gasteiger partial charge in [0.2, 0.25) is 0 Å². The van der Waals surface area contributed by atoms with E-state index in [-0.39, 0.29) is 17.7 Å². The van der Waals surface area contributed by atoms with Crippen molar-refractivity contribution in [2.24, 2.45) is 5.10 Å². The van der Waals surface area contributed by atoms with Crippen molar-refractivity contribution in [2.45, 2.75) is 6.92 Å². The van der Waals surface area contributed by atoms with E-state index in [0.717, 1.165) is 0 Å². The minimum Gasteiger partial charge on any atom is -0.312 e. The minimum absolute atomic E-state index is 0.253. The summed E-state index contributed by atoms with van der Waals surface area (Å²) in [5.74, 6) is -0.368. The molecule has 6 nitrogen and oxygen atoms in total. The largest absolute Gasteiger partial charge is 0.337 e. The Balaban J connectivity index is 4.61. The van der Waals surface area contributed by atoms with Gasteiger partial charge in [-0.2, -0.15) is 5.10 Å². The highest BCUT2D eigenvalue weighted by molar-refractivity contribution is 7.55. The zero-order chi connectivity index (χ0) is 13.5. The zero-order valence-electron chi connectivity index (χ0n) is 10.7. The van der Waals surface area contributed by atoms with Crippen LogP contribution in [-0.4, -0.2) is 50.5 Å². The van der Waals surface area contributed by atoms with E-state index < -0.39 is 7.60 Å². The maximum absolute atomic E-state index is 11.7. The van der Waals surface area contributed by atoms with E-state index in [1.807, 2.05) is 0 Å². The first kappa shape index (κ1) is 16.0. The summed E-state index contributed by atoms with van der Waals surface area (Å²) in [5.41, 5.74) is 0.253. The summed E-state index contributed by atoms with van der Waals surface area (Å²) in [6.07, 6.45) is 1.35. The molecule has 98 valence electrons. The van der Waals surface area contributed by atoms with Gasteiger partial charge in [-0.25, -0.2) is 0 Å². The molecule has 0 heterocycles. The number of ketones is 1. The van der Waals surface area contributed by atoms with Gasteiger partial charge in [0.1, 0.15) is 11.9 Å². The molecule has 0 radical (unpaired) electrons. The summed E-state index contributed by atoms with van der Waals surface area (Å²) in [5, 5.41) is 5.58. The van der Waals surface area contributed by atoms with Gasteiger partial charge in [-0.3, -0.25) is 14.4 Å². The van der Waals surface area contributed by atoms with Crippen molar-refractivity contribution < 1.29 is 18.4 Å². The third-order valence-electron chi connectivity index (χ3n) is 2.01. The summed E-state index contributed by atoms with van der Waals surface area (Å²) >= 11 is 0. The SMILES string of the molecule is C=CCN(C)/N=C(\C)C(=O)CP(=O)(OC)OC. The average Bonchev–Trinajstić information content (AvgIpc) is 2.28. The van der Waals surface area contributed by atoms with Gasteiger partial charge in [0.25, 0.3) is 0 Å². The quantitative estimate of drug-likeness (QED) is 0.287. The van der Waals surface area contributed by atoms with Gasteiger partial charge in [0.05, 0.1) is 6.54 Å². The number of hydrogen-bond acceptors (Lipinski definition) is 6. The van der Waals surface area contributed by atoms with E-state index in [1.54, 1.807) is 25.1 Å². The molecule has 0 amide bonds. The number of carbonyl (C=O) groups excluding carboxylic acids is 1. The van der Waals surface area contributed by atoms with E-state index in [2.05, 4.69) is 20.7 Å². The fourth-order valence-electron chi connectivity index (χ4n) is 1.03. The Morgan fingerprint density at radius 3 is 2.41 bits per heavy atom. The van der Waals surface area contributed by atoms with E-state index in [4.69, 9.17) is 0 Å². The molecular formula is C10H19N2O4P. The van der Waals surface area contributed by atoms with Crippen LogP contribution in [-0.2, 0) is 18.4 Å². The summed E-state index contributed by atoms with van der Waals surface area (Å²) in [6.45, 7) is 5.64. The summed E-state index contributed by atoms with van der Waals surface area (Å²) in [6, 6.07) is 0. The topological polar surface area (TPSA) is 68.2 Å². The molecule has 7 heteroatoms. The standard InChI is InChI=1S/C10H19N2O4P/c1-6-7-12(3)11-9(2)10(13)8-17(14,15-4)16-5/h6H,1,7-8H2,2-5H3/b11-9+. The van der Waals surface area contributed by atoms with Gasteiger partial charge >= 0.3 is 7.60 Å². The molecule has 0 aliphatic carbocycles. The van der Waals surface area contributed by atoms with Gasteiger partial charge in [0.15, 0.2) is 5.78 Å². The molecule has 0 aromatic heterocycles. The molecule has 0 aliphatic heterocycles. The number of likely N-dealkylation sites (N-methyl/N-ethyl adjacent to an activating group) is 1. The maximum atomic E-state index is 11.7. The molecule has 0 atom stereocenters. The van der Waals surface area contributed by atoms with Crippen LogP contribution in [0.2, 0.25) is 0 Å². The molecule has 0 aromatic rings. The third kappa shape index (κ3) is 5.77. The number of nitrogens with zero attached hydrogens (tertiary/aromatic N) is 2. The predicted molar refractivity (Wildman–Crippen MR) is 67.4 cm³/mol. The molecule has 0 spiro atoms. The number of carbonyl (C=O) groups is 1. The molecule has 0 N–H and O–H groups in total. The second-order valence-corrected chi connectivity index (χ2v) is 5.64. The molecule has 0 bridgehead atoms. The number of rotatable bonds is 8. The lowest BCUT2D eigenvalue weighted by atomic mass is 10.3. The predicted octanol–water partition coefficient (Wildman–Crippen LogP) is 1.54. The van der Waals surface area contributed by atoms with Crippen molar-refractivity contribution in [2.75, 3.05) is 34.0 Å². The smallest absolute Gasteiger partial charge is 0.312 e. The van der Waals surface area contributed by atoms with Crippen molar-refractivity contribution in [3.63, 3.8) is 0 Å². The molecule has 0 aliphatic rings. The van der Waals surface area contributed by atoms with Crippen molar-refractivity contribution in [1.29, 1.82) is 0 Å². The van der Waals surface area contributed by atoms with Crippen LogP contribution in [0.1, 0.15) is 6.92 Å². The molecule has 0 saturated carbocycles. The van der Waals surface area contributed by atoms with Gasteiger partial charge in [-0.15, -0.1) is 6.58 Å². The Labute approximate surface area is 102 Å². The molecule has 0 unspecified atom stereocenters. The molecule has 17 heavy (non-hydrogen) atoms. The summed E-state index contributed by atoms with van der Waals surface area (Å²) in [7, 11) is 0.882. The number of hydrogen-bond donors (Lipinski definition) is 0. The Morgan fingerprint density at radius 1 is 1.47 bits per heavy atom. The Hall–Kier alpha value is -0.970. The first-order valence-corrected chi connectivity index (χ1v) is 6.72. The number of hydrazone groups is 1. The molecule has 0 aromatic carbocycles. The van der Waals surface area contributed by atoms with E-state index in [1.165, 1.54) is 14.2 Å². The highest BCUT2D eigenvalue weighted by atomic mass is 31.2. The second kappa shape index (κ2) is 7.37. The lowest BCUT2D eigenvalue weighted by Gasteiger charge is -2.14. The first-order chi connectivity index (χ1) is 7.88. The van der Waals surface area contributed by atoms with Crippen LogP contribution in [0.25, 0.3) is 0 Å². The van der Waals surface area contributed by atoms with Gasteiger partial charge in [-0.1, -0.05) is 6.08 Å². The molecular weight excluding hydrogens is 243 g/mol. The molecule has 0 fully saturated rings. The fraction of sp³-hybridized carbons (Fsp3) is 0.600. The van der Waals surface area contributed by atoms with Crippen LogP contribution in [0, 0.1) is 0 Å². The van der Waals surface area contributed by atoms with Crippen LogP contribution in [0.15, 0.2) is 17.8 Å². The maximum Gasteiger partial charge on any atom is 0.337 e. The lowest BCUT2D eigenvalue weighted by molar-refractivity contribution is -0.111. The monoisotopic (exact) mass is 262 g/mol. The van der Waals surface area contributed by atoms with Crippen LogP contribution in [0.4, 0.5) is 0 Å². The highest BCUT2D eigenvalue weighted by Crippen LogP contribution is 2.45. The van der Waals surface area contributed by atoms with Crippen molar-refractivity contribution >= 4 is 19.1 Å². The first-order valence-electron chi connectivity index (χ1n) is 4.99. The van der Waals surface area contributed by atoms with Gasteiger partial charge < -0.3 is 9.05 Å². The zero-order valence-corrected chi connectivity index (χ0v) is 11.6. The summed E-state index contributed by atoms with van der Waals surface area (Å²) in [4.78, 5) is 11.7. The van der Waals surface area contributed by atoms with E-state index in [9.17, 15) is 9.36 Å². The van der Waals surface area contributed by atoms with Crippen LogP contribution < -0.4 is 0 Å². The van der Waals surface area contributed by atoms with Crippen molar-refractivity contribution in [3.05, 3.63) is 12.7 Å². The Kier molecular flexibility index (Phi) is 6.95. The number of Topliss-reactive ketones (excluding diaryl/α,β-unsaturated/α-hetero) is 1. The Morgan fingerprint density at radius 2 is 2.00 bits per heavy atom. The Bertz CT molecular complexity index is 346. The highest BCUT2D eigenvalue weighted by Gasteiger charge is 2.26. The molecule has 0 saturated heterocycles.